The van der Waals surface area contributed by atoms with Gasteiger partial charge in [0.25, 0.3) is 5.56 Å². The molecule has 6 rings (SSSR count). The Bertz CT molecular complexity index is 1640. The van der Waals surface area contributed by atoms with Gasteiger partial charge < -0.3 is 10.6 Å². The number of aryl methyl sites for hydroxylation is 1. The molecule has 2 aromatic carbocycles. The number of anilines is 2. The van der Waals surface area contributed by atoms with Crippen molar-refractivity contribution in [3.05, 3.63) is 86.6 Å². The van der Waals surface area contributed by atoms with Crippen LogP contribution in [0.5, 0.6) is 0 Å². The highest BCUT2D eigenvalue weighted by Gasteiger charge is 2.17. The minimum absolute atomic E-state index is 0.140. The quantitative estimate of drug-likeness (QED) is 0.256. The van der Waals surface area contributed by atoms with E-state index in [0.29, 0.717) is 40.2 Å². The van der Waals surface area contributed by atoms with Gasteiger partial charge in [0.05, 0.1) is 11.2 Å². The Morgan fingerprint density at radius 3 is 2.61 bits per heavy atom. The number of aromatic nitrogens is 4. The number of benzene rings is 2. The van der Waals surface area contributed by atoms with E-state index in [1.807, 2.05) is 36.6 Å². The van der Waals surface area contributed by atoms with Crippen molar-refractivity contribution in [1.29, 1.82) is 0 Å². The molecule has 38 heavy (non-hydrogen) atoms. The SMILES string of the molecule is CCn1c(=O)c(-c2ccc(-c3cscn3)cc2Cl)cc2cnc(Nc3ccc(C4CCNCC4)cc3)nc21. The Morgan fingerprint density at radius 2 is 1.89 bits per heavy atom. The Kier molecular flexibility index (Phi) is 6.93. The summed E-state index contributed by atoms with van der Waals surface area (Å²) >= 11 is 8.19. The van der Waals surface area contributed by atoms with Crippen LogP contribution in [-0.4, -0.2) is 32.6 Å². The second kappa shape index (κ2) is 10.6. The Morgan fingerprint density at radius 1 is 1.08 bits per heavy atom. The van der Waals surface area contributed by atoms with Crippen LogP contribution < -0.4 is 16.2 Å². The first kappa shape index (κ1) is 24.7. The third kappa shape index (κ3) is 4.82. The molecule has 3 aromatic heterocycles. The van der Waals surface area contributed by atoms with Crippen LogP contribution in [-0.2, 0) is 6.54 Å². The number of hydrogen-bond acceptors (Lipinski definition) is 7. The zero-order chi connectivity index (χ0) is 26.1. The van der Waals surface area contributed by atoms with Gasteiger partial charge >= 0.3 is 0 Å². The maximum atomic E-state index is 13.5. The van der Waals surface area contributed by atoms with Crippen molar-refractivity contribution in [3.63, 3.8) is 0 Å². The number of piperidine rings is 1. The molecule has 2 N–H and O–H groups in total. The van der Waals surface area contributed by atoms with E-state index in [2.05, 4.69) is 44.9 Å². The topological polar surface area (TPSA) is 84.7 Å². The van der Waals surface area contributed by atoms with Gasteiger partial charge in [-0.2, -0.15) is 4.98 Å². The van der Waals surface area contributed by atoms with Gasteiger partial charge in [0.2, 0.25) is 5.95 Å². The van der Waals surface area contributed by atoms with E-state index >= 15 is 0 Å². The van der Waals surface area contributed by atoms with Gasteiger partial charge in [0.1, 0.15) is 5.65 Å². The molecule has 5 aromatic rings. The molecule has 0 atom stereocenters. The molecule has 9 heteroatoms. The highest BCUT2D eigenvalue weighted by Crippen LogP contribution is 2.32. The van der Waals surface area contributed by atoms with Crippen molar-refractivity contribution >= 4 is 45.6 Å². The summed E-state index contributed by atoms with van der Waals surface area (Å²) in [5.41, 5.74) is 7.48. The summed E-state index contributed by atoms with van der Waals surface area (Å²) in [6.07, 6.45) is 4.08. The largest absolute Gasteiger partial charge is 0.324 e. The fourth-order valence-electron chi connectivity index (χ4n) is 5.08. The first-order valence-corrected chi connectivity index (χ1v) is 14.1. The van der Waals surface area contributed by atoms with Crippen LogP contribution in [0.4, 0.5) is 11.6 Å². The van der Waals surface area contributed by atoms with Gasteiger partial charge in [-0.05, 0) is 68.6 Å². The van der Waals surface area contributed by atoms with E-state index in [4.69, 9.17) is 16.6 Å². The number of nitrogens with one attached hydrogen (secondary N) is 2. The van der Waals surface area contributed by atoms with Crippen molar-refractivity contribution in [1.82, 2.24) is 24.8 Å². The molecule has 1 fully saturated rings. The molecule has 0 spiro atoms. The first-order chi connectivity index (χ1) is 18.6. The maximum absolute atomic E-state index is 13.5. The molecule has 0 saturated carbocycles. The number of nitrogens with zero attached hydrogens (tertiary/aromatic N) is 4. The Balaban J connectivity index is 1.31. The van der Waals surface area contributed by atoms with Crippen molar-refractivity contribution in [2.45, 2.75) is 32.2 Å². The standard InChI is InChI=1S/C29H27ClN6OS/c1-2-36-27-21(13-24(28(36)37)23-8-5-20(14-25(23)30)26-16-38-17-33-26)15-32-29(35-27)34-22-6-3-18(4-7-22)19-9-11-31-12-10-19/h3-8,13-17,19,31H,2,9-12H2,1H3,(H,32,34,35). The third-order valence-corrected chi connectivity index (χ3v) is 8.01. The van der Waals surface area contributed by atoms with Crippen LogP contribution in [0.1, 0.15) is 31.2 Å². The lowest BCUT2D eigenvalue weighted by Gasteiger charge is -2.23. The third-order valence-electron chi connectivity index (χ3n) is 7.11. The second-order valence-corrected chi connectivity index (χ2v) is 10.5. The molecule has 0 radical (unpaired) electrons. The predicted molar refractivity (Wildman–Crippen MR) is 156 cm³/mol. The van der Waals surface area contributed by atoms with E-state index < -0.39 is 0 Å². The second-order valence-electron chi connectivity index (χ2n) is 9.42. The predicted octanol–water partition coefficient (Wildman–Crippen LogP) is 6.47. The lowest BCUT2D eigenvalue weighted by Crippen LogP contribution is -2.26. The van der Waals surface area contributed by atoms with E-state index in [1.165, 1.54) is 16.9 Å². The van der Waals surface area contributed by atoms with E-state index in [1.54, 1.807) is 16.3 Å². The number of halogens is 1. The van der Waals surface area contributed by atoms with Gasteiger partial charge in [-0.25, -0.2) is 9.97 Å². The molecule has 0 aliphatic carbocycles. The van der Waals surface area contributed by atoms with Crippen LogP contribution in [0, 0.1) is 0 Å². The van der Waals surface area contributed by atoms with Crippen molar-refractivity contribution < 1.29 is 0 Å². The first-order valence-electron chi connectivity index (χ1n) is 12.8. The van der Waals surface area contributed by atoms with E-state index in [0.717, 1.165) is 48.3 Å². The van der Waals surface area contributed by atoms with Gasteiger partial charge in [0, 0.05) is 50.9 Å². The minimum atomic E-state index is -0.140. The lowest BCUT2D eigenvalue weighted by atomic mass is 9.90. The summed E-state index contributed by atoms with van der Waals surface area (Å²) in [5.74, 6) is 1.06. The number of rotatable bonds is 6. The lowest BCUT2D eigenvalue weighted by molar-refractivity contribution is 0.460. The normalized spacial score (nSPS) is 14.2. The Hall–Kier alpha value is -3.59. The van der Waals surface area contributed by atoms with Crippen LogP contribution in [0.3, 0.4) is 0 Å². The molecule has 0 unspecified atom stereocenters. The highest BCUT2D eigenvalue weighted by atomic mass is 35.5. The summed E-state index contributed by atoms with van der Waals surface area (Å²) < 4.78 is 1.67. The van der Waals surface area contributed by atoms with Crippen molar-refractivity contribution in [2.24, 2.45) is 0 Å². The summed E-state index contributed by atoms with van der Waals surface area (Å²) in [5, 5.41) is 9.96. The smallest absolute Gasteiger partial charge is 0.260 e. The molecule has 0 bridgehead atoms. The molecular formula is C29H27ClN6OS. The maximum Gasteiger partial charge on any atom is 0.260 e. The molecule has 0 amide bonds. The summed E-state index contributed by atoms with van der Waals surface area (Å²) in [7, 11) is 0. The van der Waals surface area contributed by atoms with Crippen LogP contribution >= 0.6 is 22.9 Å². The highest BCUT2D eigenvalue weighted by molar-refractivity contribution is 7.07. The molecule has 1 aliphatic heterocycles. The zero-order valence-electron chi connectivity index (χ0n) is 20.9. The molecule has 1 saturated heterocycles. The van der Waals surface area contributed by atoms with Crippen molar-refractivity contribution in [3.8, 4) is 22.4 Å². The molecule has 7 nitrogen and oxygen atoms in total. The fourth-order valence-corrected chi connectivity index (χ4v) is 5.92. The fraction of sp³-hybridized carbons (Fsp3) is 0.241. The zero-order valence-corrected chi connectivity index (χ0v) is 22.5. The average Bonchev–Trinajstić information content (AvgIpc) is 3.49. The number of thiazole rings is 1. The number of hydrogen-bond donors (Lipinski definition) is 2. The van der Waals surface area contributed by atoms with E-state index in [9.17, 15) is 4.79 Å². The van der Waals surface area contributed by atoms with Crippen LogP contribution in [0.25, 0.3) is 33.4 Å². The van der Waals surface area contributed by atoms with Gasteiger partial charge in [-0.15, -0.1) is 11.3 Å². The Labute approximate surface area is 229 Å². The van der Waals surface area contributed by atoms with Gasteiger partial charge in [-0.3, -0.25) is 9.36 Å². The molecular weight excluding hydrogens is 516 g/mol. The van der Waals surface area contributed by atoms with Gasteiger partial charge in [0.15, 0.2) is 0 Å². The molecule has 192 valence electrons. The number of pyridine rings is 1. The summed E-state index contributed by atoms with van der Waals surface area (Å²) in [6, 6.07) is 16.0. The van der Waals surface area contributed by atoms with Gasteiger partial charge in [-0.1, -0.05) is 35.9 Å². The minimum Gasteiger partial charge on any atom is -0.324 e. The van der Waals surface area contributed by atoms with Crippen molar-refractivity contribution in [2.75, 3.05) is 18.4 Å². The number of fused-ring (bicyclic) bond motifs is 1. The molecule has 4 heterocycles. The summed E-state index contributed by atoms with van der Waals surface area (Å²) in [6.45, 7) is 4.55. The van der Waals surface area contributed by atoms with Crippen LogP contribution in [0.15, 0.2) is 70.4 Å². The summed E-state index contributed by atoms with van der Waals surface area (Å²) in [4.78, 5) is 27.1. The van der Waals surface area contributed by atoms with Crippen LogP contribution in [0.2, 0.25) is 5.02 Å². The molecule has 1 aliphatic rings. The average molecular weight is 543 g/mol. The monoisotopic (exact) mass is 542 g/mol. The van der Waals surface area contributed by atoms with E-state index in [-0.39, 0.29) is 5.56 Å².